The Labute approximate surface area is 74.3 Å². The summed E-state index contributed by atoms with van der Waals surface area (Å²) in [7, 11) is 5.78. The molecule has 0 amide bonds. The molecule has 1 unspecified atom stereocenters. The quantitative estimate of drug-likeness (QED) is 0.542. The van der Waals surface area contributed by atoms with E-state index < -0.39 is 0 Å². The molecular weight excluding hydrogens is 151 g/mol. The third-order valence-corrected chi connectivity index (χ3v) is 3.08. The molecule has 0 aromatic carbocycles. The molecule has 4 atom stereocenters. The van der Waals surface area contributed by atoms with Crippen molar-refractivity contribution in [2.45, 2.75) is 38.0 Å². The summed E-state index contributed by atoms with van der Waals surface area (Å²) >= 11 is 0. The molecule has 0 aliphatic carbocycles. The molecule has 3 heteroatoms. The summed E-state index contributed by atoms with van der Waals surface area (Å²) in [6.07, 6.45) is 4.70. The van der Waals surface area contributed by atoms with E-state index in [0.717, 1.165) is 6.42 Å². The molecule has 0 saturated carbocycles. The molecule has 2 aliphatic rings. The second kappa shape index (κ2) is 2.53. The fourth-order valence-corrected chi connectivity index (χ4v) is 2.15. The first-order valence-electron chi connectivity index (χ1n) is 4.46. The lowest BCUT2D eigenvalue weighted by Gasteiger charge is -2.32. The minimum Gasteiger partial charge on any atom is -0.496 e. The lowest BCUT2D eigenvalue weighted by atomic mass is 9.80. The van der Waals surface area contributed by atoms with Gasteiger partial charge in [0, 0.05) is 5.92 Å². The first kappa shape index (κ1) is 8.18. The Morgan fingerprint density at radius 2 is 2.33 bits per heavy atom. The van der Waals surface area contributed by atoms with Crippen molar-refractivity contribution in [2.75, 3.05) is 0 Å². The van der Waals surface area contributed by atoms with Gasteiger partial charge in [0.2, 0.25) is 0 Å². The van der Waals surface area contributed by atoms with Crippen LogP contribution < -0.4 is 0 Å². The van der Waals surface area contributed by atoms with Gasteiger partial charge in [0.15, 0.2) is 0 Å². The van der Waals surface area contributed by atoms with Crippen LogP contribution in [0.2, 0.25) is 0 Å². The standard InChI is InChI=1S/C9H13BO2/c1-3-9-4-5-11-7(6(9)2)8(10)12-9/h4-8H,3H2,1-2H3/t6-,7?,8-,9+/m1/s1. The third-order valence-electron chi connectivity index (χ3n) is 3.08. The van der Waals surface area contributed by atoms with Crippen molar-refractivity contribution >= 4 is 7.85 Å². The van der Waals surface area contributed by atoms with Gasteiger partial charge in [0.25, 0.3) is 0 Å². The highest BCUT2D eigenvalue weighted by molar-refractivity contribution is 6.11. The van der Waals surface area contributed by atoms with Gasteiger partial charge in [-0.3, -0.25) is 0 Å². The Kier molecular flexibility index (Phi) is 1.72. The zero-order chi connectivity index (χ0) is 8.77. The minimum atomic E-state index is -0.269. The molecule has 2 aliphatic heterocycles. The average Bonchev–Trinajstić information content (AvgIpc) is 2.23. The highest BCUT2D eigenvalue weighted by Crippen LogP contribution is 2.43. The summed E-state index contributed by atoms with van der Waals surface area (Å²) in [4.78, 5) is 0. The molecule has 2 heterocycles. The maximum absolute atomic E-state index is 5.78. The van der Waals surface area contributed by atoms with E-state index >= 15 is 0 Å². The Morgan fingerprint density at radius 1 is 1.58 bits per heavy atom. The summed E-state index contributed by atoms with van der Waals surface area (Å²) in [6, 6.07) is -0.269. The van der Waals surface area contributed by atoms with Crippen LogP contribution in [0.5, 0.6) is 0 Å². The largest absolute Gasteiger partial charge is 0.496 e. The van der Waals surface area contributed by atoms with Crippen LogP contribution in [0, 0.1) is 5.92 Å². The molecule has 2 radical (unpaired) electrons. The predicted octanol–water partition coefficient (Wildman–Crippen LogP) is 1.21. The molecule has 0 aromatic heterocycles. The zero-order valence-electron chi connectivity index (χ0n) is 7.49. The molecule has 0 spiro atoms. The van der Waals surface area contributed by atoms with Gasteiger partial charge in [-0.05, 0) is 12.5 Å². The fraction of sp³-hybridized carbons (Fsp3) is 0.778. The van der Waals surface area contributed by atoms with Gasteiger partial charge >= 0.3 is 0 Å². The molecular formula is C9H13BO2. The van der Waals surface area contributed by atoms with E-state index in [0.29, 0.717) is 5.92 Å². The molecule has 2 nitrogen and oxygen atoms in total. The summed E-state index contributed by atoms with van der Waals surface area (Å²) in [5, 5.41) is 0. The Hall–Kier alpha value is -0.435. The number of fused-ring (bicyclic) bond motifs is 2. The second-order valence-corrected chi connectivity index (χ2v) is 3.58. The van der Waals surface area contributed by atoms with Gasteiger partial charge in [-0.1, -0.05) is 13.8 Å². The lowest BCUT2D eigenvalue weighted by molar-refractivity contribution is 0.00635. The maximum atomic E-state index is 5.78. The van der Waals surface area contributed by atoms with Gasteiger partial charge in [-0.15, -0.1) is 0 Å². The van der Waals surface area contributed by atoms with Crippen LogP contribution in [0.4, 0.5) is 0 Å². The van der Waals surface area contributed by atoms with E-state index in [-0.39, 0.29) is 17.7 Å². The van der Waals surface area contributed by atoms with Crippen LogP contribution in [0.1, 0.15) is 20.3 Å². The van der Waals surface area contributed by atoms with Crippen molar-refractivity contribution in [3.05, 3.63) is 12.3 Å². The van der Waals surface area contributed by atoms with Crippen LogP contribution >= 0.6 is 0 Å². The number of rotatable bonds is 1. The summed E-state index contributed by atoms with van der Waals surface area (Å²) in [5.41, 5.74) is -0.164. The van der Waals surface area contributed by atoms with Crippen molar-refractivity contribution in [2.24, 2.45) is 5.92 Å². The maximum Gasteiger partial charge on any atom is 0.121 e. The summed E-state index contributed by atoms with van der Waals surface area (Å²) < 4.78 is 11.1. The van der Waals surface area contributed by atoms with E-state index in [9.17, 15) is 0 Å². The van der Waals surface area contributed by atoms with Crippen LogP contribution in [0.25, 0.3) is 0 Å². The molecule has 12 heavy (non-hydrogen) atoms. The van der Waals surface area contributed by atoms with Crippen molar-refractivity contribution in [1.82, 2.24) is 0 Å². The van der Waals surface area contributed by atoms with Gasteiger partial charge in [-0.2, -0.15) is 0 Å². The molecule has 0 aromatic rings. The fourth-order valence-electron chi connectivity index (χ4n) is 2.15. The normalized spacial score (nSPS) is 50.7. The van der Waals surface area contributed by atoms with Crippen molar-refractivity contribution in [1.29, 1.82) is 0 Å². The zero-order valence-corrected chi connectivity index (χ0v) is 7.49. The molecule has 2 bridgehead atoms. The van der Waals surface area contributed by atoms with E-state index in [2.05, 4.69) is 13.8 Å². The number of hydrogen-bond acceptors (Lipinski definition) is 2. The van der Waals surface area contributed by atoms with Crippen molar-refractivity contribution < 1.29 is 9.47 Å². The molecule has 64 valence electrons. The molecule has 0 N–H and O–H groups in total. The second-order valence-electron chi connectivity index (χ2n) is 3.58. The van der Waals surface area contributed by atoms with Crippen LogP contribution in [0.3, 0.4) is 0 Å². The van der Waals surface area contributed by atoms with E-state index in [1.807, 2.05) is 6.08 Å². The third kappa shape index (κ3) is 0.860. The summed E-state index contributed by atoms with van der Waals surface area (Å²) in [5.74, 6) is 0.363. The van der Waals surface area contributed by atoms with E-state index in [1.54, 1.807) is 6.26 Å². The van der Waals surface area contributed by atoms with Crippen molar-refractivity contribution in [3.63, 3.8) is 0 Å². The Bertz CT molecular complexity index is 217. The lowest BCUT2D eigenvalue weighted by Crippen LogP contribution is -2.37. The monoisotopic (exact) mass is 164 g/mol. The smallest absolute Gasteiger partial charge is 0.121 e. The first-order valence-corrected chi connectivity index (χ1v) is 4.46. The predicted molar refractivity (Wildman–Crippen MR) is 46.8 cm³/mol. The number of hydrogen-bond donors (Lipinski definition) is 0. The van der Waals surface area contributed by atoms with Gasteiger partial charge in [-0.25, -0.2) is 0 Å². The van der Waals surface area contributed by atoms with Crippen LogP contribution in [-0.2, 0) is 9.47 Å². The SMILES string of the molecule is [B][C@@H]1O[C@@]2(CC)C=COC1[C@H]2C. The number of ether oxygens (including phenoxy) is 2. The van der Waals surface area contributed by atoms with Crippen LogP contribution in [-0.4, -0.2) is 25.6 Å². The Balaban J connectivity index is 2.33. The molecule has 2 rings (SSSR count). The van der Waals surface area contributed by atoms with E-state index in [4.69, 9.17) is 17.3 Å². The van der Waals surface area contributed by atoms with Gasteiger partial charge < -0.3 is 9.47 Å². The van der Waals surface area contributed by atoms with Gasteiger partial charge in [0.1, 0.15) is 14.0 Å². The Morgan fingerprint density at radius 3 is 2.92 bits per heavy atom. The highest BCUT2D eigenvalue weighted by atomic mass is 16.6. The van der Waals surface area contributed by atoms with Crippen LogP contribution in [0.15, 0.2) is 12.3 Å². The molecule has 1 saturated heterocycles. The van der Waals surface area contributed by atoms with Crippen molar-refractivity contribution in [3.8, 4) is 0 Å². The molecule has 1 fully saturated rings. The average molecular weight is 164 g/mol. The highest BCUT2D eigenvalue weighted by Gasteiger charge is 2.51. The summed E-state index contributed by atoms with van der Waals surface area (Å²) in [6.45, 7) is 4.24. The first-order chi connectivity index (χ1) is 5.69. The van der Waals surface area contributed by atoms with Gasteiger partial charge in [0.05, 0.1) is 17.9 Å². The van der Waals surface area contributed by atoms with E-state index in [1.165, 1.54) is 0 Å². The minimum absolute atomic E-state index is 0.0370. The topological polar surface area (TPSA) is 18.5 Å².